The van der Waals surface area contributed by atoms with Crippen LogP contribution in [0.3, 0.4) is 0 Å². The van der Waals surface area contributed by atoms with Gasteiger partial charge < -0.3 is 5.32 Å². The minimum Gasteiger partial charge on any atom is -0.314 e. The molecule has 1 N–H and O–H groups in total. The summed E-state index contributed by atoms with van der Waals surface area (Å²) in [6.45, 7) is 10.2. The summed E-state index contributed by atoms with van der Waals surface area (Å²) < 4.78 is 0. The maximum atomic E-state index is 3.56. The highest BCUT2D eigenvalue weighted by atomic mass is 15.2. The zero-order valence-corrected chi connectivity index (χ0v) is 13.4. The van der Waals surface area contributed by atoms with E-state index in [-0.39, 0.29) is 0 Å². The third kappa shape index (κ3) is 4.60. The molecule has 0 bridgehead atoms. The van der Waals surface area contributed by atoms with Gasteiger partial charge in [-0.05, 0) is 51.8 Å². The van der Waals surface area contributed by atoms with Crippen molar-refractivity contribution in [1.82, 2.24) is 10.2 Å². The molecule has 1 aliphatic rings. The first-order valence-corrected chi connectivity index (χ1v) is 8.22. The lowest BCUT2D eigenvalue weighted by Crippen LogP contribution is -2.43. The van der Waals surface area contributed by atoms with Crippen LogP contribution in [0, 0.1) is 6.92 Å². The molecule has 1 aromatic rings. The number of likely N-dealkylation sites (tertiary alicyclic amines) is 1. The molecule has 2 heteroatoms. The molecule has 1 aromatic carbocycles. The van der Waals surface area contributed by atoms with Gasteiger partial charge in [0, 0.05) is 18.6 Å². The topological polar surface area (TPSA) is 15.3 Å². The zero-order valence-electron chi connectivity index (χ0n) is 13.4. The minimum atomic E-state index is 0.628. The average molecular weight is 274 g/mol. The Morgan fingerprint density at radius 3 is 2.95 bits per heavy atom. The fourth-order valence-corrected chi connectivity index (χ4v) is 3.42. The van der Waals surface area contributed by atoms with Crippen molar-refractivity contribution in [2.24, 2.45) is 0 Å². The summed E-state index contributed by atoms with van der Waals surface area (Å²) in [6, 6.07) is 10.3. The van der Waals surface area contributed by atoms with E-state index in [1.807, 2.05) is 0 Å². The molecular formula is C18H30N2. The quantitative estimate of drug-likeness (QED) is 0.850. The van der Waals surface area contributed by atoms with Gasteiger partial charge in [0.05, 0.1) is 0 Å². The highest BCUT2D eigenvalue weighted by Gasteiger charge is 2.23. The maximum absolute atomic E-state index is 3.56. The second-order valence-electron chi connectivity index (χ2n) is 6.30. The number of aryl methyl sites for hydroxylation is 1. The molecular weight excluding hydrogens is 244 g/mol. The second-order valence-corrected chi connectivity index (χ2v) is 6.30. The van der Waals surface area contributed by atoms with Crippen LogP contribution in [0.2, 0.25) is 0 Å². The Morgan fingerprint density at radius 2 is 2.20 bits per heavy atom. The summed E-state index contributed by atoms with van der Waals surface area (Å²) in [5, 5.41) is 3.56. The molecule has 0 saturated carbocycles. The summed E-state index contributed by atoms with van der Waals surface area (Å²) >= 11 is 0. The number of hydrogen-bond donors (Lipinski definition) is 1. The van der Waals surface area contributed by atoms with Crippen molar-refractivity contribution in [2.45, 2.75) is 65.1 Å². The predicted molar refractivity (Wildman–Crippen MR) is 87.0 cm³/mol. The highest BCUT2D eigenvalue weighted by molar-refractivity contribution is 5.22. The van der Waals surface area contributed by atoms with E-state index in [0.717, 1.165) is 19.1 Å². The number of benzene rings is 1. The summed E-state index contributed by atoms with van der Waals surface area (Å²) in [4.78, 5) is 2.70. The van der Waals surface area contributed by atoms with E-state index < -0.39 is 0 Å². The molecule has 0 radical (unpaired) electrons. The first-order chi connectivity index (χ1) is 9.69. The third-order valence-corrected chi connectivity index (χ3v) is 4.40. The first-order valence-electron chi connectivity index (χ1n) is 8.22. The lowest BCUT2D eigenvalue weighted by atomic mass is 9.95. The van der Waals surface area contributed by atoms with Crippen LogP contribution in [0.4, 0.5) is 0 Å². The number of nitrogens with one attached hydrogen (secondary N) is 1. The third-order valence-electron chi connectivity index (χ3n) is 4.40. The molecule has 1 aliphatic heterocycles. The molecule has 2 unspecified atom stereocenters. The summed E-state index contributed by atoms with van der Waals surface area (Å²) in [7, 11) is 0. The monoisotopic (exact) mass is 274 g/mol. The van der Waals surface area contributed by atoms with Crippen molar-refractivity contribution in [1.29, 1.82) is 0 Å². The van der Waals surface area contributed by atoms with E-state index in [0.29, 0.717) is 6.04 Å². The molecule has 1 fully saturated rings. The molecule has 0 aromatic heterocycles. The van der Waals surface area contributed by atoms with E-state index in [4.69, 9.17) is 0 Å². The molecule has 0 aliphatic carbocycles. The molecule has 2 rings (SSSR count). The zero-order chi connectivity index (χ0) is 14.4. The first kappa shape index (κ1) is 15.5. The summed E-state index contributed by atoms with van der Waals surface area (Å²) in [5.74, 6) is 0. The van der Waals surface area contributed by atoms with Gasteiger partial charge >= 0.3 is 0 Å². The summed E-state index contributed by atoms with van der Waals surface area (Å²) in [6.07, 6.45) is 5.40. The maximum Gasteiger partial charge on any atom is 0.0236 e. The highest BCUT2D eigenvalue weighted by Crippen LogP contribution is 2.23. The van der Waals surface area contributed by atoms with E-state index in [1.54, 1.807) is 0 Å². The van der Waals surface area contributed by atoms with Gasteiger partial charge in [-0.2, -0.15) is 0 Å². The van der Waals surface area contributed by atoms with Crippen molar-refractivity contribution in [3.05, 3.63) is 35.4 Å². The van der Waals surface area contributed by atoms with Crippen LogP contribution in [-0.4, -0.2) is 30.1 Å². The Hall–Kier alpha value is -0.860. The molecule has 0 amide bonds. The number of piperidine rings is 1. The van der Waals surface area contributed by atoms with Gasteiger partial charge in [0.2, 0.25) is 0 Å². The standard InChI is InChI=1S/C18H30N2/c1-4-19-16(3)13-18-10-5-6-11-20(18)14-17-9-7-8-15(2)12-17/h7-9,12,16,18-19H,4-6,10-11,13-14H2,1-3H3. The molecule has 1 saturated heterocycles. The van der Waals surface area contributed by atoms with E-state index in [2.05, 4.69) is 55.3 Å². The second kappa shape index (κ2) is 7.80. The van der Waals surface area contributed by atoms with Gasteiger partial charge in [0.25, 0.3) is 0 Å². The van der Waals surface area contributed by atoms with Gasteiger partial charge in [-0.25, -0.2) is 0 Å². The van der Waals surface area contributed by atoms with Gasteiger partial charge in [-0.15, -0.1) is 0 Å². The summed E-state index contributed by atoms with van der Waals surface area (Å²) in [5.41, 5.74) is 2.84. The number of nitrogens with zero attached hydrogens (tertiary/aromatic N) is 1. The Morgan fingerprint density at radius 1 is 1.35 bits per heavy atom. The van der Waals surface area contributed by atoms with Crippen LogP contribution in [-0.2, 0) is 6.54 Å². The Bertz CT molecular complexity index is 402. The molecule has 1 heterocycles. The normalized spacial score (nSPS) is 21.9. The lowest BCUT2D eigenvalue weighted by molar-refractivity contribution is 0.124. The molecule has 2 nitrogen and oxygen atoms in total. The van der Waals surface area contributed by atoms with Crippen molar-refractivity contribution < 1.29 is 0 Å². The Kier molecular flexibility index (Phi) is 6.06. The fourth-order valence-electron chi connectivity index (χ4n) is 3.42. The van der Waals surface area contributed by atoms with Crippen LogP contribution < -0.4 is 5.32 Å². The largest absolute Gasteiger partial charge is 0.314 e. The van der Waals surface area contributed by atoms with Crippen LogP contribution in [0.5, 0.6) is 0 Å². The van der Waals surface area contributed by atoms with Gasteiger partial charge in [-0.1, -0.05) is 43.2 Å². The SMILES string of the molecule is CCNC(C)CC1CCCCN1Cc1cccc(C)c1. The molecule has 2 atom stereocenters. The van der Waals surface area contributed by atoms with Crippen LogP contribution in [0.15, 0.2) is 24.3 Å². The molecule has 0 spiro atoms. The smallest absolute Gasteiger partial charge is 0.0236 e. The van der Waals surface area contributed by atoms with Crippen molar-refractivity contribution >= 4 is 0 Å². The van der Waals surface area contributed by atoms with Crippen molar-refractivity contribution in [3.8, 4) is 0 Å². The van der Waals surface area contributed by atoms with Gasteiger partial charge in [-0.3, -0.25) is 4.90 Å². The Balaban J connectivity index is 1.96. The lowest BCUT2D eigenvalue weighted by Gasteiger charge is -2.37. The van der Waals surface area contributed by atoms with Crippen LogP contribution in [0.25, 0.3) is 0 Å². The predicted octanol–water partition coefficient (Wildman–Crippen LogP) is 3.74. The fraction of sp³-hybridized carbons (Fsp3) is 0.667. The Labute approximate surface area is 124 Å². The number of hydrogen-bond acceptors (Lipinski definition) is 2. The average Bonchev–Trinajstić information content (AvgIpc) is 2.41. The van der Waals surface area contributed by atoms with Crippen LogP contribution >= 0.6 is 0 Å². The van der Waals surface area contributed by atoms with Gasteiger partial charge in [0.15, 0.2) is 0 Å². The van der Waals surface area contributed by atoms with Crippen molar-refractivity contribution in [2.75, 3.05) is 13.1 Å². The molecule has 20 heavy (non-hydrogen) atoms. The minimum absolute atomic E-state index is 0.628. The van der Waals surface area contributed by atoms with Gasteiger partial charge in [0.1, 0.15) is 0 Å². The molecule has 112 valence electrons. The number of rotatable bonds is 6. The van der Waals surface area contributed by atoms with E-state index >= 15 is 0 Å². The van der Waals surface area contributed by atoms with E-state index in [9.17, 15) is 0 Å². The van der Waals surface area contributed by atoms with Crippen molar-refractivity contribution in [3.63, 3.8) is 0 Å². The van der Waals surface area contributed by atoms with E-state index in [1.165, 1.54) is 43.4 Å². The van der Waals surface area contributed by atoms with Crippen LogP contribution in [0.1, 0.15) is 50.7 Å².